The fourth-order valence-corrected chi connectivity index (χ4v) is 5.77. The highest BCUT2D eigenvalue weighted by molar-refractivity contribution is 9.10. The molecule has 1 unspecified atom stereocenters. The number of aromatic amines is 1. The van der Waals surface area contributed by atoms with E-state index in [1.165, 1.54) is 7.11 Å². The highest BCUT2D eigenvalue weighted by atomic mass is 79.9. The number of ether oxygens (including phenoxy) is 3. The summed E-state index contributed by atoms with van der Waals surface area (Å²) in [6, 6.07) is 12.4. The number of aromatic hydroxyl groups is 2. The van der Waals surface area contributed by atoms with E-state index in [9.17, 15) is 15.0 Å². The number of phenols is 2. The first-order valence-electron chi connectivity index (χ1n) is 12.7. The molecule has 10 heteroatoms. The van der Waals surface area contributed by atoms with Crippen LogP contribution in [0.25, 0.3) is 11.3 Å². The minimum atomic E-state index is -0.567. The summed E-state index contributed by atoms with van der Waals surface area (Å²) in [5, 5.41) is 28.9. The van der Waals surface area contributed by atoms with Crippen molar-refractivity contribution in [2.45, 2.75) is 26.3 Å². The van der Waals surface area contributed by atoms with Crippen molar-refractivity contribution in [3.63, 3.8) is 0 Å². The van der Waals surface area contributed by atoms with Gasteiger partial charge >= 0.3 is 0 Å². The third-order valence-electron chi connectivity index (χ3n) is 7.24. The summed E-state index contributed by atoms with van der Waals surface area (Å²) in [6.07, 6.45) is 0.542. The number of methoxy groups -OCH3 is 3. The minimum Gasteiger partial charge on any atom is -0.507 e. The number of aryl methyl sites for hydroxylation is 2. The van der Waals surface area contributed by atoms with E-state index in [2.05, 4.69) is 26.1 Å². The predicted octanol–water partition coefficient (Wildman–Crippen LogP) is 5.68. The average molecular weight is 608 g/mol. The number of rotatable bonds is 8. The smallest absolute Gasteiger partial charge is 0.273 e. The topological polar surface area (TPSA) is 117 Å². The zero-order valence-corrected chi connectivity index (χ0v) is 24.4. The Balaban J connectivity index is 1.63. The molecule has 1 aliphatic rings. The maximum atomic E-state index is 13.9. The molecule has 0 saturated carbocycles. The second-order valence-corrected chi connectivity index (χ2v) is 10.6. The number of amides is 1. The summed E-state index contributed by atoms with van der Waals surface area (Å²) in [5.41, 5.74) is 5.40. The van der Waals surface area contributed by atoms with Gasteiger partial charge in [0.05, 0.1) is 31.8 Å². The van der Waals surface area contributed by atoms with E-state index in [1.54, 1.807) is 31.3 Å². The Morgan fingerprint density at radius 2 is 1.68 bits per heavy atom. The Kier molecular flexibility index (Phi) is 7.37. The quantitative estimate of drug-likeness (QED) is 0.236. The molecule has 1 aromatic heterocycles. The lowest BCUT2D eigenvalue weighted by molar-refractivity contribution is 0.0745. The van der Waals surface area contributed by atoms with Crippen molar-refractivity contribution in [3.8, 4) is 40.0 Å². The van der Waals surface area contributed by atoms with E-state index >= 15 is 0 Å². The summed E-state index contributed by atoms with van der Waals surface area (Å²) < 4.78 is 16.7. The zero-order chi connectivity index (χ0) is 28.7. The number of H-pyrrole nitrogens is 1. The largest absolute Gasteiger partial charge is 0.507 e. The average Bonchev–Trinajstić information content (AvgIpc) is 3.49. The van der Waals surface area contributed by atoms with E-state index in [4.69, 9.17) is 14.2 Å². The van der Waals surface area contributed by atoms with E-state index in [0.29, 0.717) is 62.6 Å². The molecule has 0 aliphatic carbocycles. The number of halogens is 1. The second kappa shape index (κ2) is 10.8. The van der Waals surface area contributed by atoms with Crippen LogP contribution < -0.4 is 14.2 Å². The molecule has 5 rings (SSSR count). The van der Waals surface area contributed by atoms with Gasteiger partial charge < -0.3 is 29.3 Å². The van der Waals surface area contributed by atoms with Crippen LogP contribution in [0, 0.1) is 13.8 Å². The van der Waals surface area contributed by atoms with Crippen LogP contribution in [-0.4, -0.2) is 59.1 Å². The van der Waals surface area contributed by atoms with Crippen LogP contribution in [0.5, 0.6) is 28.7 Å². The molecule has 2 heterocycles. The van der Waals surface area contributed by atoms with E-state index < -0.39 is 6.04 Å². The van der Waals surface area contributed by atoms with E-state index in [1.807, 2.05) is 44.2 Å². The normalized spacial score (nSPS) is 14.4. The van der Waals surface area contributed by atoms with Crippen molar-refractivity contribution >= 4 is 21.8 Å². The Morgan fingerprint density at radius 3 is 2.38 bits per heavy atom. The van der Waals surface area contributed by atoms with Crippen molar-refractivity contribution in [2.75, 3.05) is 27.9 Å². The first kappa shape index (κ1) is 27.4. The summed E-state index contributed by atoms with van der Waals surface area (Å²) in [7, 11) is 4.64. The third-order valence-corrected chi connectivity index (χ3v) is 7.84. The van der Waals surface area contributed by atoms with Gasteiger partial charge in [-0.1, -0.05) is 12.1 Å². The monoisotopic (exact) mass is 607 g/mol. The first-order valence-corrected chi connectivity index (χ1v) is 13.4. The number of fused-ring (bicyclic) bond motifs is 1. The maximum absolute atomic E-state index is 13.9. The lowest BCUT2D eigenvalue weighted by Gasteiger charge is -2.27. The number of aromatic nitrogens is 2. The number of phenolic OH excluding ortho intramolecular Hbond substituents is 2. The van der Waals surface area contributed by atoms with Gasteiger partial charge in [0.1, 0.15) is 17.1 Å². The number of hydrogen-bond donors (Lipinski definition) is 3. The van der Waals surface area contributed by atoms with Crippen LogP contribution in [0.4, 0.5) is 0 Å². The molecule has 40 heavy (non-hydrogen) atoms. The summed E-state index contributed by atoms with van der Waals surface area (Å²) >= 11 is 3.43. The number of carbonyl (C=O) groups excluding carboxylic acids is 1. The molecule has 9 nitrogen and oxygen atoms in total. The van der Waals surface area contributed by atoms with Gasteiger partial charge in [-0.05, 0) is 88.8 Å². The van der Waals surface area contributed by atoms with E-state index in [0.717, 1.165) is 11.1 Å². The van der Waals surface area contributed by atoms with E-state index in [-0.39, 0.29) is 23.2 Å². The lowest BCUT2D eigenvalue weighted by Crippen LogP contribution is -2.31. The molecule has 1 atom stereocenters. The van der Waals surface area contributed by atoms with Gasteiger partial charge in [0.2, 0.25) is 0 Å². The van der Waals surface area contributed by atoms with Crippen LogP contribution in [0.2, 0.25) is 0 Å². The fourth-order valence-electron chi connectivity index (χ4n) is 5.31. The third kappa shape index (κ3) is 4.62. The molecular formula is C30H30BrN3O6. The molecule has 1 aliphatic heterocycles. The van der Waals surface area contributed by atoms with Crippen LogP contribution >= 0.6 is 15.9 Å². The minimum absolute atomic E-state index is 0.0351. The van der Waals surface area contributed by atoms with Crippen LogP contribution in [0.1, 0.15) is 44.3 Å². The number of nitrogens with zero attached hydrogens (tertiary/aromatic N) is 2. The van der Waals surface area contributed by atoms with Crippen molar-refractivity contribution in [1.82, 2.24) is 15.1 Å². The standard InChI is InChI=1S/C30H30BrN3O6/c1-15-10-16(2)28(35)19(11-15)25-24-26(33-32-25)30(37)34(9-8-17-6-7-21(38-3)22(12-17)39-4)27(24)18-13-20(31)29(36)23(14-18)40-5/h6-7,10-14,27,35-36H,8-9H2,1-5H3,(H,32,33). The van der Waals surface area contributed by atoms with Crippen molar-refractivity contribution in [2.24, 2.45) is 0 Å². The molecular weight excluding hydrogens is 578 g/mol. The Labute approximate surface area is 240 Å². The molecule has 0 fully saturated rings. The Hall–Kier alpha value is -4.18. The van der Waals surface area contributed by atoms with Crippen molar-refractivity contribution in [3.05, 3.63) is 80.4 Å². The van der Waals surface area contributed by atoms with Gasteiger partial charge in [0, 0.05) is 17.7 Å². The lowest BCUT2D eigenvalue weighted by atomic mass is 9.93. The highest BCUT2D eigenvalue weighted by Gasteiger charge is 2.43. The summed E-state index contributed by atoms with van der Waals surface area (Å²) in [6.45, 7) is 4.15. The number of hydrogen-bond acceptors (Lipinski definition) is 7. The zero-order valence-electron chi connectivity index (χ0n) is 22.8. The fraction of sp³-hybridized carbons (Fsp3) is 0.267. The van der Waals surface area contributed by atoms with Crippen molar-refractivity contribution < 1.29 is 29.2 Å². The SMILES string of the molecule is COc1ccc(CCN2C(=O)c3[nH]nc(-c4cc(C)cc(C)c4O)c3C2c2cc(Br)c(O)c(OC)c2)cc1OC. The molecule has 208 valence electrons. The molecule has 4 aromatic rings. The Morgan fingerprint density at radius 1 is 0.950 bits per heavy atom. The molecule has 3 N–H and O–H groups in total. The number of benzene rings is 3. The van der Waals surface area contributed by atoms with Gasteiger partial charge in [0.25, 0.3) is 5.91 Å². The summed E-state index contributed by atoms with van der Waals surface area (Å²) in [4.78, 5) is 15.6. The van der Waals surface area contributed by atoms with Crippen LogP contribution in [0.15, 0.2) is 46.9 Å². The van der Waals surface area contributed by atoms with Gasteiger partial charge in [-0.25, -0.2) is 0 Å². The van der Waals surface area contributed by atoms with Crippen LogP contribution in [0.3, 0.4) is 0 Å². The summed E-state index contributed by atoms with van der Waals surface area (Å²) in [5.74, 6) is 1.36. The number of nitrogens with one attached hydrogen (secondary N) is 1. The first-order chi connectivity index (χ1) is 19.2. The van der Waals surface area contributed by atoms with Gasteiger partial charge in [-0.3, -0.25) is 9.89 Å². The van der Waals surface area contributed by atoms with Gasteiger partial charge in [-0.2, -0.15) is 5.10 Å². The van der Waals surface area contributed by atoms with Crippen LogP contribution in [-0.2, 0) is 6.42 Å². The molecule has 3 aromatic carbocycles. The maximum Gasteiger partial charge on any atom is 0.273 e. The molecule has 0 radical (unpaired) electrons. The molecule has 1 amide bonds. The predicted molar refractivity (Wildman–Crippen MR) is 154 cm³/mol. The molecule has 0 saturated heterocycles. The molecule has 0 spiro atoms. The van der Waals surface area contributed by atoms with Crippen molar-refractivity contribution in [1.29, 1.82) is 0 Å². The van der Waals surface area contributed by atoms with Gasteiger partial charge in [-0.15, -0.1) is 0 Å². The molecule has 0 bridgehead atoms. The number of carbonyl (C=O) groups is 1. The second-order valence-electron chi connectivity index (χ2n) is 9.73. The highest BCUT2D eigenvalue weighted by Crippen LogP contribution is 2.48. The Bertz CT molecular complexity index is 1620. The van der Waals surface area contributed by atoms with Gasteiger partial charge in [0.15, 0.2) is 23.0 Å².